The largest absolute Gasteiger partial charge is 0.392 e. The first-order chi connectivity index (χ1) is 10.9. The number of thiazole rings is 1. The van der Waals surface area contributed by atoms with Crippen LogP contribution >= 0.6 is 11.3 Å². The summed E-state index contributed by atoms with van der Waals surface area (Å²) in [7, 11) is 0. The highest BCUT2D eigenvalue weighted by molar-refractivity contribution is 7.11. The van der Waals surface area contributed by atoms with Crippen LogP contribution in [0.4, 0.5) is 4.79 Å². The minimum atomic E-state index is -0.317. The third-order valence-electron chi connectivity index (χ3n) is 4.83. The number of rotatable bonds is 6. The molecule has 6 heteroatoms. The number of carbonyl (C=O) groups excluding carboxylic acids is 1. The summed E-state index contributed by atoms with van der Waals surface area (Å²) >= 11 is 1.71. The molecular formula is C17H29N3O2S. The third kappa shape index (κ3) is 4.91. The van der Waals surface area contributed by atoms with Crippen molar-refractivity contribution in [1.29, 1.82) is 0 Å². The Morgan fingerprint density at radius 1 is 1.43 bits per heavy atom. The molecule has 1 saturated carbocycles. The zero-order chi connectivity index (χ0) is 16.9. The monoisotopic (exact) mass is 339 g/mol. The van der Waals surface area contributed by atoms with Crippen molar-refractivity contribution in [3.63, 3.8) is 0 Å². The molecule has 2 atom stereocenters. The summed E-state index contributed by atoms with van der Waals surface area (Å²) in [6.07, 6.45) is 5.41. The molecule has 0 spiro atoms. The summed E-state index contributed by atoms with van der Waals surface area (Å²) in [5, 5.41) is 17.0. The van der Waals surface area contributed by atoms with Crippen molar-refractivity contribution >= 4 is 17.4 Å². The topological polar surface area (TPSA) is 74.2 Å². The summed E-state index contributed by atoms with van der Waals surface area (Å²) in [5.74, 6) is 0. The van der Waals surface area contributed by atoms with Crippen LogP contribution in [0, 0.1) is 12.3 Å². The van der Waals surface area contributed by atoms with Gasteiger partial charge in [0.1, 0.15) is 0 Å². The number of hydrogen-bond donors (Lipinski definition) is 3. The van der Waals surface area contributed by atoms with Gasteiger partial charge >= 0.3 is 6.03 Å². The van der Waals surface area contributed by atoms with Crippen LogP contribution in [0.25, 0.3) is 0 Å². The van der Waals surface area contributed by atoms with Gasteiger partial charge in [-0.05, 0) is 26.2 Å². The fourth-order valence-electron chi connectivity index (χ4n) is 3.14. The molecular weight excluding hydrogens is 310 g/mol. The molecule has 2 rings (SSSR count). The minimum absolute atomic E-state index is 0.159. The molecule has 0 bridgehead atoms. The van der Waals surface area contributed by atoms with Crippen molar-refractivity contribution in [3.05, 3.63) is 15.6 Å². The van der Waals surface area contributed by atoms with Gasteiger partial charge in [0.05, 0.1) is 16.8 Å². The number of amides is 2. The predicted octanol–water partition coefficient (Wildman–Crippen LogP) is 2.80. The average molecular weight is 340 g/mol. The van der Waals surface area contributed by atoms with E-state index in [1.165, 1.54) is 4.88 Å². The van der Waals surface area contributed by atoms with Gasteiger partial charge < -0.3 is 15.7 Å². The number of aliphatic hydroxyl groups is 1. The Hall–Kier alpha value is -1.14. The number of nitrogens with zero attached hydrogens (tertiary/aromatic N) is 1. The molecule has 1 fully saturated rings. The van der Waals surface area contributed by atoms with E-state index in [-0.39, 0.29) is 17.6 Å². The number of carbonyl (C=O) groups is 1. The van der Waals surface area contributed by atoms with Crippen molar-refractivity contribution < 1.29 is 9.90 Å². The maximum Gasteiger partial charge on any atom is 0.314 e. The van der Waals surface area contributed by atoms with Crippen LogP contribution in [0.5, 0.6) is 0 Å². The van der Waals surface area contributed by atoms with E-state index < -0.39 is 0 Å². The quantitative estimate of drug-likeness (QED) is 0.746. The van der Waals surface area contributed by atoms with Gasteiger partial charge in [-0.2, -0.15) is 0 Å². The van der Waals surface area contributed by atoms with Gasteiger partial charge in [0.15, 0.2) is 0 Å². The van der Waals surface area contributed by atoms with E-state index in [1.807, 2.05) is 0 Å². The number of aliphatic hydroxyl groups excluding tert-OH is 1. The Kier molecular flexibility index (Phi) is 6.41. The number of hydrogen-bond acceptors (Lipinski definition) is 4. The van der Waals surface area contributed by atoms with Crippen LogP contribution in [-0.2, 0) is 12.8 Å². The molecule has 2 amide bonds. The fourth-order valence-corrected chi connectivity index (χ4v) is 4.16. The number of aromatic nitrogens is 1. The first-order valence-corrected chi connectivity index (χ1v) is 9.41. The highest BCUT2D eigenvalue weighted by atomic mass is 32.1. The Balaban J connectivity index is 1.70. The van der Waals surface area contributed by atoms with Crippen molar-refractivity contribution in [2.75, 3.05) is 13.1 Å². The van der Waals surface area contributed by atoms with Gasteiger partial charge in [0, 0.05) is 29.8 Å². The van der Waals surface area contributed by atoms with E-state index in [2.05, 4.69) is 36.4 Å². The minimum Gasteiger partial charge on any atom is -0.392 e. The smallest absolute Gasteiger partial charge is 0.314 e. The van der Waals surface area contributed by atoms with Crippen LogP contribution in [0.15, 0.2) is 0 Å². The highest BCUT2D eigenvalue weighted by Gasteiger charge is 2.35. The third-order valence-corrected chi connectivity index (χ3v) is 5.90. The SMILES string of the molecule is CCc1nc(CCNC(=O)NCC2(C)CCCCC2O)sc1C. The number of aryl methyl sites for hydroxylation is 2. The lowest BCUT2D eigenvalue weighted by molar-refractivity contribution is 0.00310. The van der Waals surface area contributed by atoms with E-state index in [0.29, 0.717) is 13.1 Å². The second kappa shape index (κ2) is 8.11. The maximum atomic E-state index is 11.9. The van der Waals surface area contributed by atoms with E-state index >= 15 is 0 Å². The molecule has 0 aliphatic heterocycles. The number of urea groups is 1. The van der Waals surface area contributed by atoms with E-state index in [0.717, 1.165) is 49.2 Å². The highest BCUT2D eigenvalue weighted by Crippen LogP contribution is 2.35. The van der Waals surface area contributed by atoms with E-state index in [1.54, 1.807) is 11.3 Å². The van der Waals surface area contributed by atoms with Gasteiger partial charge in [0.2, 0.25) is 0 Å². The van der Waals surface area contributed by atoms with Crippen molar-refractivity contribution in [3.8, 4) is 0 Å². The average Bonchev–Trinajstić information content (AvgIpc) is 2.88. The van der Waals surface area contributed by atoms with Gasteiger partial charge in [-0.3, -0.25) is 0 Å². The summed E-state index contributed by atoms with van der Waals surface area (Å²) in [4.78, 5) is 17.8. The summed E-state index contributed by atoms with van der Waals surface area (Å²) in [6.45, 7) is 7.37. The van der Waals surface area contributed by atoms with Crippen molar-refractivity contribution in [2.45, 2.75) is 65.4 Å². The summed E-state index contributed by atoms with van der Waals surface area (Å²) < 4.78 is 0. The standard InChI is InChI=1S/C17H29N3O2S/c1-4-13-12(2)23-15(20-13)8-10-18-16(22)19-11-17(3)9-6-5-7-14(17)21/h14,21H,4-11H2,1-3H3,(H2,18,19,22). The second-order valence-corrected chi connectivity index (χ2v) is 8.03. The first-order valence-electron chi connectivity index (χ1n) is 8.59. The molecule has 1 heterocycles. The Morgan fingerprint density at radius 2 is 2.22 bits per heavy atom. The molecule has 1 aliphatic rings. The predicted molar refractivity (Wildman–Crippen MR) is 93.9 cm³/mol. The maximum absolute atomic E-state index is 11.9. The molecule has 1 aliphatic carbocycles. The van der Waals surface area contributed by atoms with Gasteiger partial charge in [-0.15, -0.1) is 11.3 Å². The lowest BCUT2D eigenvalue weighted by atomic mass is 9.73. The summed E-state index contributed by atoms with van der Waals surface area (Å²) in [6, 6.07) is -0.159. The molecule has 3 N–H and O–H groups in total. The molecule has 5 nitrogen and oxygen atoms in total. The van der Waals surface area contributed by atoms with Crippen LogP contribution in [0.1, 0.15) is 55.1 Å². The lowest BCUT2D eigenvalue weighted by Gasteiger charge is -2.38. The molecule has 130 valence electrons. The molecule has 2 unspecified atom stereocenters. The van der Waals surface area contributed by atoms with Crippen LogP contribution in [0.2, 0.25) is 0 Å². The normalized spacial score (nSPS) is 24.4. The summed E-state index contributed by atoms with van der Waals surface area (Å²) in [5.41, 5.74) is 0.964. The fraction of sp³-hybridized carbons (Fsp3) is 0.765. The zero-order valence-electron chi connectivity index (χ0n) is 14.4. The zero-order valence-corrected chi connectivity index (χ0v) is 15.3. The second-order valence-electron chi connectivity index (χ2n) is 6.74. The van der Waals surface area contributed by atoms with E-state index in [4.69, 9.17) is 0 Å². The van der Waals surface area contributed by atoms with Crippen molar-refractivity contribution in [2.24, 2.45) is 5.41 Å². The lowest BCUT2D eigenvalue weighted by Crippen LogP contribution is -2.47. The molecule has 0 radical (unpaired) electrons. The molecule has 1 aromatic heterocycles. The molecule has 23 heavy (non-hydrogen) atoms. The molecule has 0 saturated heterocycles. The molecule has 1 aromatic rings. The van der Waals surface area contributed by atoms with Gasteiger partial charge in [-0.25, -0.2) is 9.78 Å². The van der Waals surface area contributed by atoms with Crippen molar-refractivity contribution in [1.82, 2.24) is 15.6 Å². The van der Waals surface area contributed by atoms with Crippen LogP contribution in [0.3, 0.4) is 0 Å². The van der Waals surface area contributed by atoms with Crippen LogP contribution < -0.4 is 10.6 Å². The molecule has 0 aromatic carbocycles. The number of nitrogens with one attached hydrogen (secondary N) is 2. The first kappa shape index (κ1) is 18.2. The Labute approximate surface area is 142 Å². The Morgan fingerprint density at radius 3 is 2.87 bits per heavy atom. The Bertz CT molecular complexity index is 532. The van der Waals surface area contributed by atoms with Gasteiger partial charge in [0.25, 0.3) is 0 Å². The van der Waals surface area contributed by atoms with Crippen LogP contribution in [-0.4, -0.2) is 35.3 Å². The van der Waals surface area contributed by atoms with E-state index in [9.17, 15) is 9.90 Å². The van der Waals surface area contributed by atoms with Gasteiger partial charge in [-0.1, -0.05) is 26.7 Å².